The Labute approximate surface area is 134 Å². The minimum atomic E-state index is -0.700. The summed E-state index contributed by atoms with van der Waals surface area (Å²) in [7, 11) is 1.53. The number of nitrogen functional groups attached to an aromatic ring is 1. The molecule has 0 fully saturated rings. The normalized spacial score (nSPS) is 11.2. The number of methoxy groups -OCH3 is 1. The van der Waals surface area contributed by atoms with Crippen molar-refractivity contribution in [1.29, 1.82) is 5.26 Å². The van der Waals surface area contributed by atoms with Crippen LogP contribution in [0, 0.1) is 11.3 Å². The molecule has 0 spiro atoms. The predicted molar refractivity (Wildman–Crippen MR) is 86.7 cm³/mol. The van der Waals surface area contributed by atoms with Crippen LogP contribution in [0.2, 0.25) is 0 Å². The van der Waals surface area contributed by atoms with Crippen molar-refractivity contribution < 1.29 is 14.3 Å². The zero-order chi connectivity index (χ0) is 16.8. The van der Waals surface area contributed by atoms with Gasteiger partial charge in [-0.15, -0.1) is 0 Å². The average Bonchev–Trinajstić information content (AvgIpc) is 2.54. The first kappa shape index (κ1) is 16.2. The summed E-state index contributed by atoms with van der Waals surface area (Å²) >= 11 is 0. The molecule has 6 heteroatoms. The van der Waals surface area contributed by atoms with Gasteiger partial charge in [-0.25, -0.2) is 0 Å². The lowest BCUT2D eigenvalue weighted by atomic mass is 10.1. The lowest BCUT2D eigenvalue weighted by Gasteiger charge is -2.21. The number of nitrogens with zero attached hydrogens (tertiary/aromatic N) is 1. The van der Waals surface area contributed by atoms with Gasteiger partial charge in [-0.3, -0.25) is 4.79 Å². The Morgan fingerprint density at radius 3 is 2.48 bits per heavy atom. The van der Waals surface area contributed by atoms with Gasteiger partial charge in [-0.1, -0.05) is 0 Å². The third kappa shape index (κ3) is 4.14. The molecule has 1 unspecified atom stereocenters. The second-order valence-corrected chi connectivity index (χ2v) is 4.82. The summed E-state index contributed by atoms with van der Waals surface area (Å²) in [6.45, 7) is 1.33. The van der Waals surface area contributed by atoms with E-state index >= 15 is 0 Å². The molecule has 2 aromatic rings. The minimum Gasteiger partial charge on any atom is -0.495 e. The van der Waals surface area contributed by atoms with Crippen LogP contribution in [0.1, 0.15) is 24.3 Å². The Hall–Kier alpha value is -3.20. The van der Waals surface area contributed by atoms with Gasteiger partial charge in [0.1, 0.15) is 5.75 Å². The molecule has 6 nitrogen and oxygen atoms in total. The third-order valence-electron chi connectivity index (χ3n) is 3.15. The molecule has 0 heterocycles. The van der Waals surface area contributed by atoms with Crippen molar-refractivity contribution in [3.05, 3.63) is 53.6 Å². The Bertz CT molecular complexity index is 736. The molecule has 0 aliphatic rings. The molecule has 2 rings (SSSR count). The van der Waals surface area contributed by atoms with Crippen molar-refractivity contribution in [3.63, 3.8) is 0 Å². The molecular formula is C17H17N3O3. The number of rotatable bonds is 5. The van der Waals surface area contributed by atoms with Crippen molar-refractivity contribution in [3.8, 4) is 11.8 Å². The van der Waals surface area contributed by atoms with Crippen LogP contribution in [0.4, 0.5) is 11.4 Å². The summed E-state index contributed by atoms with van der Waals surface area (Å²) in [4.78, 5) is 11.4. The molecule has 0 saturated heterocycles. The molecule has 0 saturated carbocycles. The first-order chi connectivity index (χ1) is 11.0. The van der Waals surface area contributed by atoms with Gasteiger partial charge in [0.05, 0.1) is 24.4 Å². The number of benzene rings is 2. The third-order valence-corrected chi connectivity index (χ3v) is 3.15. The smallest absolute Gasteiger partial charge is 0.304 e. The highest BCUT2D eigenvalue weighted by Crippen LogP contribution is 2.28. The lowest BCUT2D eigenvalue weighted by Crippen LogP contribution is -2.17. The van der Waals surface area contributed by atoms with E-state index in [1.807, 2.05) is 6.07 Å². The van der Waals surface area contributed by atoms with Gasteiger partial charge in [0, 0.05) is 18.2 Å². The van der Waals surface area contributed by atoms with Gasteiger partial charge in [0.15, 0.2) is 6.23 Å². The molecule has 3 N–H and O–H groups in total. The van der Waals surface area contributed by atoms with Gasteiger partial charge < -0.3 is 20.5 Å². The Balaban J connectivity index is 2.27. The van der Waals surface area contributed by atoms with E-state index < -0.39 is 12.2 Å². The summed E-state index contributed by atoms with van der Waals surface area (Å²) in [6, 6.07) is 14.0. The second-order valence-electron chi connectivity index (χ2n) is 4.82. The van der Waals surface area contributed by atoms with E-state index in [2.05, 4.69) is 5.32 Å². The highest BCUT2D eigenvalue weighted by molar-refractivity contribution is 5.67. The molecule has 118 valence electrons. The standard InChI is InChI=1S/C17H17N3O3/c1-11(21)23-17(13-5-8-16(22-2)15(19)9-13)20-14-6-3-12(10-18)4-7-14/h3-9,17,20H,19H2,1-2H3. The quantitative estimate of drug-likeness (QED) is 0.500. The van der Waals surface area contributed by atoms with Crippen molar-refractivity contribution in [2.45, 2.75) is 13.2 Å². The number of nitrogens with one attached hydrogen (secondary N) is 1. The average molecular weight is 311 g/mol. The molecule has 0 radical (unpaired) electrons. The van der Waals surface area contributed by atoms with Crippen LogP contribution >= 0.6 is 0 Å². The van der Waals surface area contributed by atoms with Crippen LogP contribution in [-0.2, 0) is 9.53 Å². The van der Waals surface area contributed by atoms with E-state index in [9.17, 15) is 4.79 Å². The fraction of sp³-hybridized carbons (Fsp3) is 0.176. The maximum atomic E-state index is 11.4. The summed E-state index contributed by atoms with van der Waals surface area (Å²) < 4.78 is 10.4. The van der Waals surface area contributed by atoms with E-state index in [0.717, 1.165) is 0 Å². The van der Waals surface area contributed by atoms with E-state index in [4.69, 9.17) is 20.5 Å². The van der Waals surface area contributed by atoms with Crippen molar-refractivity contribution in [2.24, 2.45) is 0 Å². The number of nitrogens with two attached hydrogens (primary N) is 1. The Kier molecular flexibility index (Phi) is 5.05. The van der Waals surface area contributed by atoms with E-state index in [1.165, 1.54) is 14.0 Å². The SMILES string of the molecule is COc1ccc(C(Nc2ccc(C#N)cc2)OC(C)=O)cc1N. The summed E-state index contributed by atoms with van der Waals surface area (Å²) in [6.07, 6.45) is -0.700. The molecular weight excluding hydrogens is 294 g/mol. The molecule has 23 heavy (non-hydrogen) atoms. The van der Waals surface area contributed by atoms with Gasteiger partial charge >= 0.3 is 5.97 Å². The van der Waals surface area contributed by atoms with Crippen LogP contribution in [0.5, 0.6) is 5.75 Å². The number of ether oxygens (including phenoxy) is 2. The van der Waals surface area contributed by atoms with Crippen molar-refractivity contribution >= 4 is 17.3 Å². The number of esters is 1. The summed E-state index contributed by atoms with van der Waals surface area (Å²) in [5.74, 6) is 0.124. The second kappa shape index (κ2) is 7.18. The predicted octanol–water partition coefficient (Wildman–Crippen LogP) is 2.82. The molecule has 0 aliphatic heterocycles. The molecule has 0 aliphatic carbocycles. The first-order valence-corrected chi connectivity index (χ1v) is 6.91. The molecule has 0 amide bonds. The monoisotopic (exact) mass is 311 g/mol. The Morgan fingerprint density at radius 1 is 1.26 bits per heavy atom. The minimum absolute atomic E-state index is 0.425. The Morgan fingerprint density at radius 2 is 1.96 bits per heavy atom. The van der Waals surface area contributed by atoms with E-state index in [0.29, 0.717) is 28.3 Å². The number of anilines is 2. The number of carbonyl (C=O) groups is 1. The molecule has 1 atom stereocenters. The van der Waals surface area contributed by atoms with Crippen LogP contribution in [-0.4, -0.2) is 13.1 Å². The van der Waals surface area contributed by atoms with Gasteiger partial charge in [0.2, 0.25) is 0 Å². The van der Waals surface area contributed by atoms with E-state index in [1.54, 1.807) is 42.5 Å². The zero-order valence-corrected chi connectivity index (χ0v) is 12.9. The van der Waals surface area contributed by atoms with E-state index in [-0.39, 0.29) is 0 Å². The maximum Gasteiger partial charge on any atom is 0.304 e. The maximum absolute atomic E-state index is 11.4. The van der Waals surface area contributed by atoms with Gasteiger partial charge in [0.25, 0.3) is 0 Å². The fourth-order valence-corrected chi connectivity index (χ4v) is 2.06. The number of nitriles is 1. The first-order valence-electron chi connectivity index (χ1n) is 6.91. The van der Waals surface area contributed by atoms with Crippen LogP contribution in [0.25, 0.3) is 0 Å². The van der Waals surface area contributed by atoms with Crippen molar-refractivity contribution in [2.75, 3.05) is 18.2 Å². The number of hydrogen-bond acceptors (Lipinski definition) is 6. The topological polar surface area (TPSA) is 97.4 Å². The summed E-state index contributed by atoms with van der Waals surface area (Å²) in [5, 5.41) is 11.9. The fourth-order valence-electron chi connectivity index (χ4n) is 2.06. The lowest BCUT2D eigenvalue weighted by molar-refractivity contribution is -0.145. The van der Waals surface area contributed by atoms with Crippen LogP contribution < -0.4 is 15.8 Å². The largest absolute Gasteiger partial charge is 0.495 e. The van der Waals surface area contributed by atoms with Crippen LogP contribution in [0.3, 0.4) is 0 Å². The highest BCUT2D eigenvalue weighted by Gasteiger charge is 2.16. The molecule has 0 aromatic heterocycles. The number of carbonyl (C=O) groups excluding carboxylic acids is 1. The van der Waals surface area contributed by atoms with Gasteiger partial charge in [-0.05, 0) is 42.5 Å². The van der Waals surface area contributed by atoms with Gasteiger partial charge in [-0.2, -0.15) is 5.26 Å². The zero-order valence-electron chi connectivity index (χ0n) is 12.9. The highest BCUT2D eigenvalue weighted by atomic mass is 16.6. The molecule has 0 bridgehead atoms. The van der Waals surface area contributed by atoms with Crippen LogP contribution in [0.15, 0.2) is 42.5 Å². The van der Waals surface area contributed by atoms with Crippen molar-refractivity contribution in [1.82, 2.24) is 0 Å². The molecule has 2 aromatic carbocycles. The number of hydrogen-bond donors (Lipinski definition) is 2. The summed E-state index contributed by atoms with van der Waals surface area (Å²) in [5.41, 5.74) is 8.30.